The summed E-state index contributed by atoms with van der Waals surface area (Å²) in [6.45, 7) is 2.96. The van der Waals surface area contributed by atoms with Gasteiger partial charge in [-0.25, -0.2) is 5.01 Å². The summed E-state index contributed by atoms with van der Waals surface area (Å²) in [5.41, 5.74) is 4.82. The molecule has 2 aliphatic rings. The van der Waals surface area contributed by atoms with Crippen molar-refractivity contribution in [3.05, 3.63) is 60.4 Å². The number of hydrogen-bond donors (Lipinski definition) is 0. The van der Waals surface area contributed by atoms with Crippen LogP contribution in [-0.4, -0.2) is 22.5 Å². The molecule has 0 N–H and O–H groups in total. The molecule has 0 spiro atoms. The zero-order chi connectivity index (χ0) is 15.4. The lowest BCUT2D eigenvalue weighted by molar-refractivity contribution is 0.403. The highest BCUT2D eigenvalue weighted by Gasteiger charge is 2.28. The monoisotopic (exact) mass is 300 g/mol. The van der Waals surface area contributed by atoms with Gasteiger partial charge in [-0.1, -0.05) is 36.4 Å². The van der Waals surface area contributed by atoms with E-state index in [0.717, 1.165) is 12.4 Å². The number of hydrogen-bond acceptors (Lipinski definition) is 3. The lowest BCUT2D eigenvalue weighted by atomic mass is 10.1. The van der Waals surface area contributed by atoms with Crippen molar-refractivity contribution < 1.29 is 0 Å². The van der Waals surface area contributed by atoms with Crippen LogP contribution >= 0.6 is 0 Å². The quantitative estimate of drug-likeness (QED) is 0.673. The summed E-state index contributed by atoms with van der Waals surface area (Å²) in [6.07, 6.45) is 4.09. The van der Waals surface area contributed by atoms with Crippen molar-refractivity contribution in [3.63, 3.8) is 0 Å². The van der Waals surface area contributed by atoms with Crippen LogP contribution in [0.25, 0.3) is 28.4 Å². The molecule has 112 valence electrons. The number of anilines is 1. The molecule has 23 heavy (non-hydrogen) atoms. The highest BCUT2D eigenvalue weighted by molar-refractivity contribution is 5.99. The molecule has 4 heteroatoms. The Morgan fingerprint density at radius 2 is 1.83 bits per heavy atom. The van der Waals surface area contributed by atoms with Gasteiger partial charge in [0.1, 0.15) is 6.34 Å². The lowest BCUT2D eigenvalue weighted by Crippen LogP contribution is -2.23. The molecule has 1 aromatic heterocycles. The minimum atomic E-state index is 0.843. The molecular weight excluding hydrogens is 284 g/mol. The molecular formula is C19H16N4. The van der Waals surface area contributed by atoms with Crippen LogP contribution in [0.3, 0.4) is 0 Å². The van der Waals surface area contributed by atoms with Gasteiger partial charge in [0, 0.05) is 17.5 Å². The van der Waals surface area contributed by atoms with Crippen molar-refractivity contribution in [1.82, 2.24) is 9.58 Å². The molecule has 2 aromatic carbocycles. The molecule has 0 radical (unpaired) electrons. The fourth-order valence-corrected chi connectivity index (χ4v) is 3.45. The van der Waals surface area contributed by atoms with Crippen LogP contribution in [0, 0.1) is 0 Å². The fourth-order valence-electron chi connectivity index (χ4n) is 3.45. The normalized spacial score (nSPS) is 15.3. The Hall–Kier alpha value is -3.01. The van der Waals surface area contributed by atoms with Gasteiger partial charge in [0.15, 0.2) is 5.82 Å². The predicted molar refractivity (Wildman–Crippen MR) is 95.0 cm³/mol. The number of rotatable bonds is 1. The molecule has 0 atom stereocenters. The maximum absolute atomic E-state index is 4.53. The van der Waals surface area contributed by atoms with Gasteiger partial charge >= 0.3 is 0 Å². The second kappa shape index (κ2) is 4.49. The first-order valence-corrected chi connectivity index (χ1v) is 7.89. The van der Waals surface area contributed by atoms with Crippen molar-refractivity contribution in [2.75, 3.05) is 11.4 Å². The third kappa shape index (κ3) is 1.63. The lowest BCUT2D eigenvalue weighted by Gasteiger charge is -2.21. The molecule has 0 aliphatic carbocycles. The Bertz CT molecular complexity index is 980. The molecule has 0 unspecified atom stereocenters. The largest absolute Gasteiger partial charge is 0.312 e. The van der Waals surface area contributed by atoms with Gasteiger partial charge < -0.3 is 4.57 Å². The van der Waals surface area contributed by atoms with Gasteiger partial charge in [0.25, 0.3) is 0 Å². The van der Waals surface area contributed by atoms with Crippen LogP contribution in [0.5, 0.6) is 0 Å². The standard InChI is InChI=1S/C19H16N4/c1-2-23-19-12-21-16-9-5-3-7-14(16)11-18(21)15-8-4-6-10-17(15)22(19)13-20-23/h3-13H,2H2,1H3. The molecule has 2 aliphatic heterocycles. The number of benzene rings is 2. The third-order valence-corrected chi connectivity index (χ3v) is 4.55. The number of fused-ring (bicyclic) bond motifs is 7. The molecule has 0 amide bonds. The summed E-state index contributed by atoms with van der Waals surface area (Å²) < 4.78 is 2.28. The molecule has 4 nitrogen and oxygen atoms in total. The summed E-state index contributed by atoms with van der Waals surface area (Å²) in [5.74, 6) is 1.08. The van der Waals surface area contributed by atoms with E-state index < -0.39 is 0 Å². The number of aromatic nitrogens is 1. The maximum atomic E-state index is 4.53. The van der Waals surface area contributed by atoms with Gasteiger partial charge in [-0.05, 0) is 25.1 Å². The van der Waals surface area contributed by atoms with E-state index in [-0.39, 0.29) is 0 Å². The summed E-state index contributed by atoms with van der Waals surface area (Å²) in [6, 6.07) is 19.3. The minimum Gasteiger partial charge on any atom is -0.312 e. The van der Waals surface area contributed by atoms with Crippen LogP contribution in [0.4, 0.5) is 5.69 Å². The fraction of sp³-hybridized carbons (Fsp3) is 0.105. The Balaban J connectivity index is 1.89. The van der Waals surface area contributed by atoms with Crippen LogP contribution in [0.15, 0.2) is 65.5 Å². The molecule has 0 fully saturated rings. The van der Waals surface area contributed by atoms with Crippen molar-refractivity contribution >= 4 is 29.1 Å². The van der Waals surface area contributed by atoms with E-state index in [1.54, 1.807) is 0 Å². The van der Waals surface area contributed by atoms with Crippen molar-refractivity contribution in [1.29, 1.82) is 0 Å². The first-order valence-electron chi connectivity index (χ1n) is 7.89. The van der Waals surface area contributed by atoms with E-state index in [1.165, 1.54) is 27.8 Å². The van der Waals surface area contributed by atoms with E-state index in [1.807, 2.05) is 11.3 Å². The minimum absolute atomic E-state index is 0.843. The summed E-state index contributed by atoms with van der Waals surface area (Å²) in [7, 11) is 0. The second-order valence-corrected chi connectivity index (χ2v) is 5.78. The second-order valence-electron chi connectivity index (χ2n) is 5.78. The Labute approximate surface area is 134 Å². The Morgan fingerprint density at radius 1 is 1.00 bits per heavy atom. The molecule has 3 aromatic rings. The van der Waals surface area contributed by atoms with E-state index in [2.05, 4.69) is 82.3 Å². The van der Waals surface area contributed by atoms with Crippen molar-refractivity contribution in [3.8, 4) is 11.3 Å². The number of para-hydroxylation sites is 2. The van der Waals surface area contributed by atoms with E-state index in [4.69, 9.17) is 0 Å². The molecule has 0 bridgehead atoms. The van der Waals surface area contributed by atoms with Gasteiger partial charge in [-0.3, -0.25) is 4.90 Å². The van der Waals surface area contributed by atoms with E-state index >= 15 is 0 Å². The maximum Gasteiger partial charge on any atom is 0.152 e. The Morgan fingerprint density at radius 3 is 2.74 bits per heavy atom. The van der Waals surface area contributed by atoms with Crippen molar-refractivity contribution in [2.45, 2.75) is 6.92 Å². The number of hydrazone groups is 1. The van der Waals surface area contributed by atoms with E-state index in [0.29, 0.717) is 0 Å². The molecule has 0 saturated heterocycles. The van der Waals surface area contributed by atoms with E-state index in [9.17, 15) is 0 Å². The first-order chi connectivity index (χ1) is 11.4. The average molecular weight is 300 g/mol. The molecule has 0 saturated carbocycles. The SMILES string of the molecule is CCN1N=CN2C1=Cn1c(cc3ccccc31)-c1ccccc12. The molecule has 3 heterocycles. The highest BCUT2D eigenvalue weighted by atomic mass is 15.6. The zero-order valence-electron chi connectivity index (χ0n) is 12.8. The van der Waals surface area contributed by atoms with Crippen LogP contribution in [0.1, 0.15) is 6.92 Å². The van der Waals surface area contributed by atoms with Crippen LogP contribution in [-0.2, 0) is 0 Å². The summed E-state index contributed by atoms with van der Waals surface area (Å²) in [4.78, 5) is 2.17. The van der Waals surface area contributed by atoms with Gasteiger partial charge in [-0.15, -0.1) is 0 Å². The van der Waals surface area contributed by atoms with Gasteiger partial charge in [0.2, 0.25) is 0 Å². The highest BCUT2D eigenvalue weighted by Crippen LogP contribution is 2.40. The van der Waals surface area contributed by atoms with Gasteiger partial charge in [-0.2, -0.15) is 5.10 Å². The number of nitrogens with zero attached hydrogens (tertiary/aromatic N) is 4. The average Bonchev–Trinajstić information content (AvgIpc) is 3.14. The predicted octanol–water partition coefficient (Wildman–Crippen LogP) is 4.16. The van der Waals surface area contributed by atoms with Crippen molar-refractivity contribution in [2.24, 2.45) is 5.10 Å². The first kappa shape index (κ1) is 12.5. The summed E-state index contributed by atoms with van der Waals surface area (Å²) in [5, 5.41) is 7.81. The molecule has 5 rings (SSSR count). The zero-order valence-corrected chi connectivity index (χ0v) is 12.8. The third-order valence-electron chi connectivity index (χ3n) is 4.55. The summed E-state index contributed by atoms with van der Waals surface area (Å²) >= 11 is 0. The van der Waals surface area contributed by atoms with Crippen LogP contribution < -0.4 is 4.90 Å². The smallest absolute Gasteiger partial charge is 0.152 e. The van der Waals surface area contributed by atoms with Crippen LogP contribution in [0.2, 0.25) is 0 Å². The Kier molecular flexibility index (Phi) is 2.45. The topological polar surface area (TPSA) is 23.8 Å². The van der Waals surface area contributed by atoms with Gasteiger partial charge in [0.05, 0.1) is 23.1 Å².